The molecule has 210 valence electrons. The number of carbonyl (C=O) groups is 3. The van der Waals surface area contributed by atoms with Crippen molar-refractivity contribution in [2.75, 3.05) is 19.7 Å². The molecule has 1 heterocycles. The van der Waals surface area contributed by atoms with Gasteiger partial charge in [-0.05, 0) is 52.2 Å². The minimum Gasteiger partial charge on any atom is -0.457 e. The molecule has 37 heavy (non-hydrogen) atoms. The van der Waals surface area contributed by atoms with Crippen LogP contribution in [0.2, 0.25) is 0 Å². The second kappa shape index (κ2) is 15.6. The van der Waals surface area contributed by atoms with E-state index in [1.165, 1.54) is 6.92 Å². The highest BCUT2D eigenvalue weighted by molar-refractivity contribution is 5.70. The topological polar surface area (TPSA) is 123 Å². The third-order valence-electron chi connectivity index (χ3n) is 6.36. The Hall–Kier alpha value is -2.65. The van der Waals surface area contributed by atoms with E-state index < -0.39 is 35.9 Å². The molecule has 6 atom stereocenters. The number of amides is 1. The minimum absolute atomic E-state index is 0.0263. The van der Waals surface area contributed by atoms with Crippen molar-refractivity contribution < 1.29 is 38.8 Å². The van der Waals surface area contributed by atoms with Crippen molar-refractivity contribution in [1.29, 1.82) is 0 Å². The molecule has 9 heteroatoms. The number of rotatable bonds is 8. The molecule has 1 aliphatic rings. The molecule has 0 radical (unpaired) electrons. The number of esters is 2. The number of cyclic esters (lactones) is 1. The van der Waals surface area contributed by atoms with Gasteiger partial charge in [-0.2, -0.15) is 0 Å². The molecular weight excluding hydrogens is 478 g/mol. The average molecular weight is 524 g/mol. The van der Waals surface area contributed by atoms with Crippen molar-refractivity contribution >= 4 is 18.0 Å². The van der Waals surface area contributed by atoms with Gasteiger partial charge in [0.05, 0.1) is 19.1 Å². The van der Waals surface area contributed by atoms with Crippen LogP contribution in [-0.4, -0.2) is 76.8 Å². The second-order valence-electron chi connectivity index (χ2n) is 9.96. The van der Waals surface area contributed by atoms with E-state index in [2.05, 4.69) is 0 Å². The van der Waals surface area contributed by atoms with Gasteiger partial charge in [0.15, 0.2) is 0 Å². The molecule has 0 aromatic rings. The fraction of sp³-hybridized carbons (Fsp3) is 0.679. The predicted molar refractivity (Wildman–Crippen MR) is 141 cm³/mol. The summed E-state index contributed by atoms with van der Waals surface area (Å²) in [7, 11) is 0. The third kappa shape index (κ3) is 11.5. The van der Waals surface area contributed by atoms with Gasteiger partial charge in [-0.15, -0.1) is 0 Å². The zero-order chi connectivity index (χ0) is 28.2. The van der Waals surface area contributed by atoms with Gasteiger partial charge < -0.3 is 29.3 Å². The van der Waals surface area contributed by atoms with Gasteiger partial charge in [0.1, 0.15) is 17.8 Å². The molecule has 0 fully saturated rings. The number of allylic oxidation sites excluding steroid dienone is 2. The highest BCUT2D eigenvalue weighted by Gasteiger charge is 2.35. The van der Waals surface area contributed by atoms with Crippen LogP contribution in [-0.2, 0) is 23.8 Å². The van der Waals surface area contributed by atoms with E-state index in [0.717, 1.165) is 5.57 Å². The van der Waals surface area contributed by atoms with Crippen molar-refractivity contribution in [3.63, 3.8) is 0 Å². The van der Waals surface area contributed by atoms with Gasteiger partial charge in [0, 0.05) is 31.8 Å². The maximum Gasteiger partial charge on any atom is 0.409 e. The summed E-state index contributed by atoms with van der Waals surface area (Å²) >= 11 is 0. The maximum absolute atomic E-state index is 12.5. The summed E-state index contributed by atoms with van der Waals surface area (Å²) in [6.45, 7) is 13.6. The number of aliphatic hydroxyl groups is 2. The molecule has 9 nitrogen and oxygen atoms in total. The van der Waals surface area contributed by atoms with Crippen molar-refractivity contribution in [3.05, 3.63) is 36.0 Å². The Morgan fingerprint density at radius 1 is 1.27 bits per heavy atom. The van der Waals surface area contributed by atoms with Crippen LogP contribution in [0.1, 0.15) is 67.7 Å². The molecule has 0 bridgehead atoms. The van der Waals surface area contributed by atoms with Crippen LogP contribution in [0.4, 0.5) is 4.79 Å². The van der Waals surface area contributed by atoms with Crippen LogP contribution in [0.15, 0.2) is 36.0 Å². The molecule has 2 N–H and O–H groups in total. The van der Waals surface area contributed by atoms with E-state index in [1.54, 1.807) is 24.0 Å². The third-order valence-corrected chi connectivity index (χ3v) is 6.36. The molecule has 1 amide bonds. The van der Waals surface area contributed by atoms with Crippen molar-refractivity contribution in [2.24, 2.45) is 11.8 Å². The lowest BCUT2D eigenvalue weighted by atomic mass is 9.88. The fourth-order valence-electron chi connectivity index (χ4n) is 3.95. The van der Waals surface area contributed by atoms with Gasteiger partial charge in [-0.1, -0.05) is 38.2 Å². The number of carbonyl (C=O) groups excluding carboxylic acids is 3. The van der Waals surface area contributed by atoms with Crippen LogP contribution in [0.5, 0.6) is 0 Å². The van der Waals surface area contributed by atoms with Gasteiger partial charge in [0.2, 0.25) is 0 Å². The van der Waals surface area contributed by atoms with E-state index in [-0.39, 0.29) is 43.8 Å². The molecule has 0 unspecified atom stereocenters. The van der Waals surface area contributed by atoms with E-state index in [9.17, 15) is 24.6 Å². The first-order chi connectivity index (χ1) is 17.3. The molecule has 0 aliphatic carbocycles. The fourth-order valence-corrected chi connectivity index (χ4v) is 3.95. The van der Waals surface area contributed by atoms with Gasteiger partial charge in [0.25, 0.3) is 0 Å². The quantitative estimate of drug-likeness (QED) is 0.212. The normalized spacial score (nSPS) is 29.4. The summed E-state index contributed by atoms with van der Waals surface area (Å²) in [5.41, 5.74) is -0.656. The first kappa shape index (κ1) is 32.4. The number of hydrogen-bond acceptors (Lipinski definition) is 8. The number of hydrogen-bond donors (Lipinski definition) is 2. The molecule has 1 aliphatic heterocycles. The highest BCUT2D eigenvalue weighted by atomic mass is 16.6. The molecule has 0 aromatic carbocycles. The smallest absolute Gasteiger partial charge is 0.409 e. The lowest BCUT2D eigenvalue weighted by molar-refractivity contribution is -0.157. The molecule has 0 aromatic heterocycles. The number of ether oxygens (including phenoxy) is 3. The molecule has 0 saturated carbocycles. The van der Waals surface area contributed by atoms with Crippen LogP contribution < -0.4 is 0 Å². The zero-order valence-corrected chi connectivity index (χ0v) is 23.3. The summed E-state index contributed by atoms with van der Waals surface area (Å²) < 4.78 is 16.4. The van der Waals surface area contributed by atoms with Gasteiger partial charge in [-0.3, -0.25) is 9.59 Å². The van der Waals surface area contributed by atoms with Crippen LogP contribution in [0.3, 0.4) is 0 Å². The van der Waals surface area contributed by atoms with Crippen molar-refractivity contribution in [3.8, 4) is 0 Å². The van der Waals surface area contributed by atoms with Crippen molar-refractivity contribution in [1.82, 2.24) is 4.90 Å². The largest absolute Gasteiger partial charge is 0.457 e. The summed E-state index contributed by atoms with van der Waals surface area (Å²) in [6.07, 6.45) is 6.08. The summed E-state index contributed by atoms with van der Waals surface area (Å²) in [5.74, 6) is -1.41. The average Bonchev–Trinajstić information content (AvgIpc) is 2.82. The van der Waals surface area contributed by atoms with Gasteiger partial charge >= 0.3 is 18.0 Å². The Kier molecular flexibility index (Phi) is 13.6. The number of nitrogens with zero attached hydrogens (tertiary/aromatic N) is 1. The van der Waals surface area contributed by atoms with E-state index in [0.29, 0.717) is 13.1 Å². The Morgan fingerprint density at radius 3 is 2.51 bits per heavy atom. The Bertz CT molecular complexity index is 843. The number of aliphatic hydroxyl groups excluding tert-OH is 1. The predicted octanol–water partition coefficient (Wildman–Crippen LogP) is 3.94. The van der Waals surface area contributed by atoms with Crippen LogP contribution in [0.25, 0.3) is 0 Å². The zero-order valence-electron chi connectivity index (χ0n) is 23.3. The summed E-state index contributed by atoms with van der Waals surface area (Å²) in [6, 6.07) is 0. The van der Waals surface area contributed by atoms with E-state index >= 15 is 0 Å². The Balaban J connectivity index is 3.05. The lowest BCUT2D eigenvalue weighted by Gasteiger charge is -2.32. The van der Waals surface area contributed by atoms with E-state index in [1.807, 2.05) is 52.8 Å². The minimum atomic E-state index is -1.42. The maximum atomic E-state index is 12.5. The van der Waals surface area contributed by atoms with Crippen LogP contribution in [0, 0.1) is 11.8 Å². The Labute approximate surface area is 221 Å². The highest BCUT2D eigenvalue weighted by Crippen LogP contribution is 2.27. The molecular formula is C28H45NO8. The van der Waals surface area contributed by atoms with Gasteiger partial charge in [-0.25, -0.2) is 4.79 Å². The summed E-state index contributed by atoms with van der Waals surface area (Å²) in [5, 5.41) is 21.2. The Morgan fingerprint density at radius 2 is 1.92 bits per heavy atom. The van der Waals surface area contributed by atoms with Crippen molar-refractivity contribution in [2.45, 2.75) is 91.6 Å². The first-order valence-corrected chi connectivity index (χ1v) is 13.0. The first-order valence-electron chi connectivity index (χ1n) is 13.0. The van der Waals surface area contributed by atoms with E-state index in [4.69, 9.17) is 14.2 Å². The molecule has 0 spiro atoms. The second-order valence-corrected chi connectivity index (χ2v) is 9.96. The monoisotopic (exact) mass is 523 g/mol. The molecule has 1 rings (SSSR count). The lowest BCUT2D eigenvalue weighted by Crippen LogP contribution is -2.42. The molecule has 0 saturated heterocycles. The van der Waals surface area contributed by atoms with Crippen LogP contribution >= 0.6 is 0 Å². The standard InChI is InChI=1S/C28H45NO8/c1-8-29(9-2)27(33)35-18-19(3)11-10-12-20(4)26-21(5)13-14-24(36-22(6)30)28(7,34)16-15-23(31)17-25(32)37-26/h10-14,19,21,23-24,26,31,34H,8-9,15-18H2,1-7H3/b11-10+,14-13+,20-12+/t19-,21-,23-,24+,26+,28-/m0/s1. The summed E-state index contributed by atoms with van der Waals surface area (Å²) in [4.78, 5) is 37.8. The SMILES string of the molecule is CCN(CC)C(=O)OC[C@@H](C)/C=C/C=C(\C)[C@H]1OC(=O)C[C@@H](O)CC[C@](C)(O)[C@H](OC(C)=O)/C=C/[C@@H]1C.